The summed E-state index contributed by atoms with van der Waals surface area (Å²) in [6, 6.07) is 13.0. The third-order valence-corrected chi connectivity index (χ3v) is 6.40. The number of nitrogens with one attached hydrogen (secondary N) is 1. The van der Waals surface area contributed by atoms with Gasteiger partial charge in [0.2, 0.25) is 11.8 Å². The maximum absolute atomic E-state index is 12.0. The summed E-state index contributed by atoms with van der Waals surface area (Å²) in [6.45, 7) is 2.30. The van der Waals surface area contributed by atoms with Gasteiger partial charge in [-0.1, -0.05) is 0 Å². The molecule has 0 aliphatic heterocycles. The molecule has 0 atom stereocenters. The van der Waals surface area contributed by atoms with Crippen LogP contribution in [0, 0.1) is 6.92 Å². The van der Waals surface area contributed by atoms with Gasteiger partial charge in [0.05, 0.1) is 53.6 Å². The van der Waals surface area contributed by atoms with Gasteiger partial charge in [-0.3, -0.25) is 5.32 Å². The fourth-order valence-corrected chi connectivity index (χ4v) is 4.65. The predicted octanol–water partition coefficient (Wildman–Crippen LogP) is 5.25. The molecular weight excluding hydrogens is 494 g/mol. The van der Waals surface area contributed by atoms with Crippen LogP contribution in [0.25, 0.3) is 31.8 Å². The van der Waals surface area contributed by atoms with E-state index in [1.165, 1.54) is 13.3 Å². The largest absolute Gasteiger partial charge is 0.490 e. The number of amides is 1. The number of hydrogen-bond acceptors (Lipinski definition) is 10. The Morgan fingerprint density at radius 2 is 1.78 bits per heavy atom. The van der Waals surface area contributed by atoms with E-state index in [1.807, 2.05) is 31.2 Å². The van der Waals surface area contributed by atoms with Crippen molar-refractivity contribution in [1.82, 2.24) is 19.9 Å². The molecule has 0 bridgehead atoms. The van der Waals surface area contributed by atoms with Crippen LogP contribution in [0.1, 0.15) is 5.56 Å². The van der Waals surface area contributed by atoms with Crippen molar-refractivity contribution in [3.05, 3.63) is 60.4 Å². The lowest BCUT2D eigenvalue weighted by molar-refractivity contribution is 0.138. The third-order valence-electron chi connectivity index (χ3n) is 5.35. The molecule has 5 rings (SSSR count). The molecule has 0 saturated carbocycles. The first-order valence-corrected chi connectivity index (χ1v) is 12.1. The van der Waals surface area contributed by atoms with E-state index in [0.717, 1.165) is 37.4 Å². The summed E-state index contributed by atoms with van der Waals surface area (Å²) in [7, 11) is 3.09. The van der Waals surface area contributed by atoms with Gasteiger partial charge in [0, 0.05) is 11.6 Å². The van der Waals surface area contributed by atoms with Crippen molar-refractivity contribution in [1.29, 1.82) is 0 Å². The van der Waals surface area contributed by atoms with Gasteiger partial charge in [-0.2, -0.15) is 0 Å². The lowest BCUT2D eigenvalue weighted by Gasteiger charge is -2.08. The van der Waals surface area contributed by atoms with E-state index < -0.39 is 6.09 Å². The Kier molecular flexibility index (Phi) is 6.95. The van der Waals surface area contributed by atoms with E-state index >= 15 is 0 Å². The van der Waals surface area contributed by atoms with Crippen LogP contribution in [0.15, 0.2) is 54.9 Å². The fraction of sp³-hybridized carbons (Fsp3) is 0.192. The number of aromatic nitrogens is 4. The quantitative estimate of drug-likeness (QED) is 0.275. The molecule has 1 N–H and O–H groups in total. The van der Waals surface area contributed by atoms with Gasteiger partial charge < -0.3 is 18.9 Å². The Hall–Kier alpha value is -4.51. The zero-order valence-corrected chi connectivity index (χ0v) is 21.2. The molecular formula is C26H23N5O5S. The second kappa shape index (κ2) is 10.6. The van der Waals surface area contributed by atoms with Gasteiger partial charge in [-0.15, -0.1) is 11.3 Å². The van der Waals surface area contributed by atoms with E-state index in [2.05, 4.69) is 26.3 Å². The number of thiazole rings is 1. The number of methoxy groups -OCH3 is 2. The molecule has 0 fully saturated rings. The molecule has 10 nitrogen and oxygen atoms in total. The van der Waals surface area contributed by atoms with E-state index in [1.54, 1.807) is 36.8 Å². The molecule has 37 heavy (non-hydrogen) atoms. The molecule has 0 spiro atoms. The number of anilines is 1. The van der Waals surface area contributed by atoms with Crippen LogP contribution in [0.3, 0.4) is 0 Å². The molecule has 0 saturated heterocycles. The highest BCUT2D eigenvalue weighted by Crippen LogP contribution is 2.36. The molecule has 0 aliphatic carbocycles. The monoisotopic (exact) mass is 517 g/mol. The Balaban J connectivity index is 1.23. The second-order valence-electron chi connectivity index (χ2n) is 7.94. The van der Waals surface area contributed by atoms with Gasteiger partial charge in [-0.25, -0.2) is 24.7 Å². The maximum atomic E-state index is 12.0. The number of hydrogen-bond donors (Lipinski definition) is 1. The number of ether oxygens (including phenoxy) is 4. The second-order valence-corrected chi connectivity index (χ2v) is 8.97. The minimum absolute atomic E-state index is 0.0822. The number of aryl methyl sites for hydroxylation is 1. The maximum Gasteiger partial charge on any atom is 0.411 e. The minimum atomic E-state index is -0.593. The number of pyridine rings is 1. The van der Waals surface area contributed by atoms with Gasteiger partial charge in [0.25, 0.3) is 0 Å². The highest BCUT2D eigenvalue weighted by atomic mass is 32.1. The molecule has 188 valence electrons. The number of carbonyl (C=O) groups excluding carboxylic acids is 1. The molecule has 0 aliphatic rings. The molecule has 2 aromatic carbocycles. The SMILES string of the molecule is COc1ccc(NC(=O)OCCOc2ccc3nc(-c4cc(C)cc5nc(OC)cnc45)sc3c2)cn1. The van der Waals surface area contributed by atoms with Crippen molar-refractivity contribution >= 4 is 44.4 Å². The highest BCUT2D eigenvalue weighted by Gasteiger charge is 2.14. The van der Waals surface area contributed by atoms with Crippen LogP contribution >= 0.6 is 11.3 Å². The first kappa shape index (κ1) is 24.2. The van der Waals surface area contributed by atoms with Gasteiger partial charge in [-0.05, 0) is 48.9 Å². The van der Waals surface area contributed by atoms with E-state index in [9.17, 15) is 4.79 Å². The average molecular weight is 518 g/mol. The van der Waals surface area contributed by atoms with Crippen LogP contribution in [0.5, 0.6) is 17.5 Å². The van der Waals surface area contributed by atoms with Crippen molar-refractivity contribution in [2.45, 2.75) is 6.92 Å². The summed E-state index contributed by atoms with van der Waals surface area (Å²) in [5, 5.41) is 3.44. The molecule has 11 heteroatoms. The number of benzene rings is 2. The van der Waals surface area contributed by atoms with Crippen LogP contribution in [-0.2, 0) is 4.74 Å². The summed E-state index contributed by atoms with van der Waals surface area (Å²) in [6.07, 6.45) is 2.50. The van der Waals surface area contributed by atoms with Crippen LogP contribution in [-0.4, -0.2) is 53.5 Å². The van der Waals surface area contributed by atoms with Crippen molar-refractivity contribution in [3.63, 3.8) is 0 Å². The normalized spacial score (nSPS) is 10.9. The Bertz CT molecular complexity index is 1570. The first-order valence-electron chi connectivity index (χ1n) is 11.3. The van der Waals surface area contributed by atoms with Gasteiger partial charge >= 0.3 is 6.09 Å². The Morgan fingerprint density at radius 3 is 2.57 bits per heavy atom. The van der Waals surface area contributed by atoms with E-state index in [-0.39, 0.29) is 13.2 Å². The standard InChI is InChI=1S/C26H23N5O5S/c1-15-10-18(24-20(11-15)30-23(34-3)14-28-24)25-31-19-6-5-17(12-21(19)37-25)35-8-9-36-26(32)29-16-4-7-22(33-2)27-13-16/h4-7,10-14H,8-9H2,1-3H3,(H,29,32). The number of fused-ring (bicyclic) bond motifs is 2. The van der Waals surface area contributed by atoms with Crippen LogP contribution in [0.2, 0.25) is 0 Å². The third kappa shape index (κ3) is 5.51. The molecule has 1 amide bonds. The number of carbonyl (C=O) groups is 1. The van der Waals surface area contributed by atoms with E-state index in [0.29, 0.717) is 23.2 Å². The summed E-state index contributed by atoms with van der Waals surface area (Å²) in [4.78, 5) is 29.9. The topological polar surface area (TPSA) is 118 Å². The molecule has 3 heterocycles. The summed E-state index contributed by atoms with van der Waals surface area (Å²) < 4.78 is 22.1. The summed E-state index contributed by atoms with van der Waals surface area (Å²) >= 11 is 1.55. The molecule has 3 aromatic heterocycles. The van der Waals surface area contributed by atoms with Crippen molar-refractivity contribution in [2.75, 3.05) is 32.8 Å². The minimum Gasteiger partial charge on any atom is -0.490 e. The van der Waals surface area contributed by atoms with Crippen LogP contribution in [0.4, 0.5) is 10.5 Å². The summed E-state index contributed by atoms with van der Waals surface area (Å²) in [5.74, 6) is 1.58. The zero-order valence-electron chi connectivity index (χ0n) is 20.3. The van der Waals surface area contributed by atoms with Crippen molar-refractivity contribution in [2.24, 2.45) is 0 Å². The zero-order chi connectivity index (χ0) is 25.8. The lowest BCUT2D eigenvalue weighted by atomic mass is 10.1. The fourth-order valence-electron chi connectivity index (χ4n) is 3.64. The van der Waals surface area contributed by atoms with Crippen molar-refractivity contribution in [3.8, 4) is 28.1 Å². The molecule has 5 aromatic rings. The van der Waals surface area contributed by atoms with Gasteiger partial charge in [0.1, 0.15) is 24.0 Å². The highest BCUT2D eigenvalue weighted by molar-refractivity contribution is 7.21. The summed E-state index contributed by atoms with van der Waals surface area (Å²) in [5.41, 5.74) is 4.85. The van der Waals surface area contributed by atoms with Crippen molar-refractivity contribution < 1.29 is 23.7 Å². The predicted molar refractivity (Wildman–Crippen MR) is 141 cm³/mol. The smallest absolute Gasteiger partial charge is 0.411 e. The first-order chi connectivity index (χ1) is 18.0. The number of nitrogens with zero attached hydrogens (tertiary/aromatic N) is 4. The van der Waals surface area contributed by atoms with Crippen LogP contribution < -0.4 is 19.5 Å². The Labute approximate surface area is 216 Å². The van der Waals surface area contributed by atoms with Gasteiger partial charge in [0.15, 0.2) is 0 Å². The number of rotatable bonds is 8. The van der Waals surface area contributed by atoms with E-state index in [4.69, 9.17) is 23.9 Å². The molecule has 0 radical (unpaired) electrons. The molecule has 0 unspecified atom stereocenters. The Morgan fingerprint density at radius 1 is 0.919 bits per heavy atom. The average Bonchev–Trinajstić information content (AvgIpc) is 3.34. The lowest BCUT2D eigenvalue weighted by Crippen LogP contribution is -2.17.